The van der Waals surface area contributed by atoms with Crippen LogP contribution in [0.25, 0.3) is 0 Å². The Morgan fingerprint density at radius 2 is 1.65 bits per heavy atom. The van der Waals surface area contributed by atoms with E-state index in [1.807, 2.05) is 12.1 Å². The molecule has 0 bridgehead atoms. The van der Waals surface area contributed by atoms with Crippen LogP contribution in [0.15, 0.2) is 48.5 Å². The number of rotatable bonds is 3. The summed E-state index contributed by atoms with van der Waals surface area (Å²) in [5, 5.41) is 9.53. The lowest BCUT2D eigenvalue weighted by Crippen LogP contribution is -2.52. The first-order valence-electron chi connectivity index (χ1n) is 9.58. The first-order chi connectivity index (χ1) is 12.7. The second-order valence-electron chi connectivity index (χ2n) is 7.45. The zero-order valence-electron chi connectivity index (χ0n) is 15.1. The molecular formula is C22H26N2O2. The maximum Gasteiger partial charge on any atom is 0.240 e. The Labute approximate surface area is 155 Å². The third-order valence-electron chi connectivity index (χ3n) is 5.62. The Bertz CT molecular complexity index is 766. The molecule has 1 amide bonds. The van der Waals surface area contributed by atoms with E-state index in [0.717, 1.165) is 51.0 Å². The van der Waals surface area contributed by atoms with Gasteiger partial charge in [0.1, 0.15) is 5.75 Å². The molecule has 0 radical (unpaired) electrons. The molecule has 0 aliphatic carbocycles. The summed E-state index contributed by atoms with van der Waals surface area (Å²) in [5.41, 5.74) is 3.73. The van der Waals surface area contributed by atoms with Crippen LogP contribution in [0.4, 0.5) is 0 Å². The van der Waals surface area contributed by atoms with Crippen molar-refractivity contribution in [1.29, 1.82) is 0 Å². The number of phenolic OH excluding ortho intramolecular Hbond substituents is 1. The molecule has 136 valence electrons. The van der Waals surface area contributed by atoms with Crippen LogP contribution in [0.3, 0.4) is 0 Å². The lowest BCUT2D eigenvalue weighted by atomic mass is 9.92. The highest BCUT2D eigenvalue weighted by Crippen LogP contribution is 2.27. The highest BCUT2D eigenvalue weighted by atomic mass is 16.3. The van der Waals surface area contributed by atoms with E-state index < -0.39 is 0 Å². The standard InChI is InChI=1S/C22H26N2O2/c25-20-10-8-17(9-11-20)15-24-16-19-7-3-2-6-18(19)14-21(24)22(26)23-12-4-1-5-13-23/h2-3,6-11,21,25H,1,4-5,12-16H2. The van der Waals surface area contributed by atoms with E-state index in [-0.39, 0.29) is 17.7 Å². The van der Waals surface area contributed by atoms with Gasteiger partial charge in [0, 0.05) is 26.2 Å². The van der Waals surface area contributed by atoms with E-state index in [4.69, 9.17) is 0 Å². The van der Waals surface area contributed by atoms with Gasteiger partial charge in [-0.15, -0.1) is 0 Å². The van der Waals surface area contributed by atoms with Crippen molar-refractivity contribution in [1.82, 2.24) is 9.80 Å². The van der Waals surface area contributed by atoms with Crippen molar-refractivity contribution in [2.75, 3.05) is 13.1 Å². The normalized spacial score (nSPS) is 20.6. The molecule has 2 aromatic rings. The molecule has 1 fully saturated rings. The molecular weight excluding hydrogens is 324 g/mol. The number of amides is 1. The van der Waals surface area contributed by atoms with Crippen molar-refractivity contribution >= 4 is 5.91 Å². The quantitative estimate of drug-likeness (QED) is 0.923. The summed E-state index contributed by atoms with van der Waals surface area (Å²) in [6.45, 7) is 3.30. The summed E-state index contributed by atoms with van der Waals surface area (Å²) in [5.74, 6) is 0.552. The van der Waals surface area contributed by atoms with Crippen LogP contribution in [0.1, 0.15) is 36.0 Å². The SMILES string of the molecule is O=C(C1Cc2ccccc2CN1Cc1ccc(O)cc1)N1CCCCC1. The molecule has 4 rings (SSSR count). The number of fused-ring (bicyclic) bond motifs is 1. The molecule has 0 spiro atoms. The predicted octanol–water partition coefficient (Wildman–Crippen LogP) is 3.33. The lowest BCUT2D eigenvalue weighted by molar-refractivity contribution is -0.138. The maximum absolute atomic E-state index is 13.3. The number of phenols is 1. The number of nitrogens with zero attached hydrogens (tertiary/aromatic N) is 2. The van der Waals surface area contributed by atoms with Gasteiger partial charge in [-0.1, -0.05) is 36.4 Å². The van der Waals surface area contributed by atoms with Crippen molar-refractivity contribution in [3.8, 4) is 5.75 Å². The highest BCUT2D eigenvalue weighted by Gasteiger charge is 2.34. The Balaban J connectivity index is 1.59. The van der Waals surface area contributed by atoms with E-state index >= 15 is 0 Å². The van der Waals surface area contributed by atoms with Gasteiger partial charge in [-0.25, -0.2) is 0 Å². The largest absolute Gasteiger partial charge is 0.508 e. The fourth-order valence-electron chi connectivity index (χ4n) is 4.15. The number of benzene rings is 2. The smallest absolute Gasteiger partial charge is 0.240 e. The van der Waals surface area contributed by atoms with E-state index in [2.05, 4.69) is 34.1 Å². The monoisotopic (exact) mass is 350 g/mol. The number of hydrogen-bond acceptors (Lipinski definition) is 3. The molecule has 4 heteroatoms. The molecule has 2 aliphatic rings. The molecule has 1 saturated heterocycles. The van der Waals surface area contributed by atoms with Gasteiger partial charge in [-0.2, -0.15) is 0 Å². The van der Waals surface area contributed by atoms with Gasteiger partial charge in [-0.05, 0) is 54.5 Å². The number of aromatic hydroxyl groups is 1. The first-order valence-corrected chi connectivity index (χ1v) is 9.58. The topological polar surface area (TPSA) is 43.8 Å². The Morgan fingerprint density at radius 1 is 0.962 bits per heavy atom. The predicted molar refractivity (Wildman–Crippen MR) is 102 cm³/mol. The van der Waals surface area contributed by atoms with Crippen molar-refractivity contribution in [3.05, 3.63) is 65.2 Å². The van der Waals surface area contributed by atoms with E-state index in [1.54, 1.807) is 12.1 Å². The van der Waals surface area contributed by atoms with Gasteiger partial charge in [0.25, 0.3) is 0 Å². The lowest BCUT2D eigenvalue weighted by Gasteiger charge is -2.39. The third kappa shape index (κ3) is 3.61. The van der Waals surface area contributed by atoms with Crippen molar-refractivity contribution in [2.24, 2.45) is 0 Å². The zero-order valence-corrected chi connectivity index (χ0v) is 15.1. The molecule has 1 atom stereocenters. The number of carbonyl (C=O) groups excluding carboxylic acids is 1. The van der Waals surface area contributed by atoms with Crippen molar-refractivity contribution < 1.29 is 9.90 Å². The molecule has 2 heterocycles. The highest BCUT2D eigenvalue weighted by molar-refractivity contribution is 5.82. The number of piperidine rings is 1. The number of hydrogen-bond donors (Lipinski definition) is 1. The summed E-state index contributed by atoms with van der Waals surface area (Å²) in [6.07, 6.45) is 4.25. The minimum Gasteiger partial charge on any atom is -0.508 e. The van der Waals surface area contributed by atoms with Crippen molar-refractivity contribution in [2.45, 2.75) is 44.8 Å². The zero-order chi connectivity index (χ0) is 17.9. The summed E-state index contributed by atoms with van der Waals surface area (Å²) in [6, 6.07) is 15.7. The molecule has 1 unspecified atom stereocenters. The van der Waals surface area contributed by atoms with Crippen LogP contribution in [0, 0.1) is 0 Å². The average Bonchev–Trinajstić information content (AvgIpc) is 2.69. The summed E-state index contributed by atoms with van der Waals surface area (Å²) in [7, 11) is 0. The molecule has 2 aromatic carbocycles. The number of carbonyl (C=O) groups is 1. The summed E-state index contributed by atoms with van der Waals surface area (Å²) >= 11 is 0. The fourth-order valence-corrected chi connectivity index (χ4v) is 4.15. The molecule has 1 N–H and O–H groups in total. The number of likely N-dealkylation sites (tertiary alicyclic amines) is 1. The molecule has 0 saturated carbocycles. The van der Waals surface area contributed by atoms with Gasteiger partial charge in [-0.3, -0.25) is 9.69 Å². The van der Waals surface area contributed by atoms with Crippen LogP contribution in [0.5, 0.6) is 5.75 Å². The van der Waals surface area contributed by atoms with Gasteiger partial charge < -0.3 is 10.0 Å². The van der Waals surface area contributed by atoms with Gasteiger partial charge in [0.05, 0.1) is 6.04 Å². The second kappa shape index (κ2) is 7.50. The van der Waals surface area contributed by atoms with Gasteiger partial charge in [0.2, 0.25) is 5.91 Å². The minimum absolute atomic E-state index is 0.100. The fraction of sp³-hybridized carbons (Fsp3) is 0.409. The van der Waals surface area contributed by atoms with Crippen LogP contribution in [0.2, 0.25) is 0 Å². The van der Waals surface area contributed by atoms with Crippen LogP contribution in [-0.2, 0) is 24.3 Å². The van der Waals surface area contributed by atoms with Gasteiger partial charge >= 0.3 is 0 Å². The van der Waals surface area contributed by atoms with Crippen LogP contribution >= 0.6 is 0 Å². The van der Waals surface area contributed by atoms with Gasteiger partial charge in [0.15, 0.2) is 0 Å². The maximum atomic E-state index is 13.3. The summed E-state index contributed by atoms with van der Waals surface area (Å²) < 4.78 is 0. The van der Waals surface area contributed by atoms with E-state index in [0.29, 0.717) is 0 Å². The van der Waals surface area contributed by atoms with Crippen LogP contribution < -0.4 is 0 Å². The Kier molecular flexibility index (Phi) is 4.93. The van der Waals surface area contributed by atoms with E-state index in [9.17, 15) is 9.90 Å². The Hall–Kier alpha value is -2.33. The second-order valence-corrected chi connectivity index (χ2v) is 7.45. The Morgan fingerprint density at radius 3 is 2.38 bits per heavy atom. The van der Waals surface area contributed by atoms with Crippen LogP contribution in [-0.4, -0.2) is 39.9 Å². The first kappa shape index (κ1) is 17.1. The van der Waals surface area contributed by atoms with E-state index in [1.165, 1.54) is 17.5 Å². The third-order valence-corrected chi connectivity index (χ3v) is 5.62. The molecule has 26 heavy (non-hydrogen) atoms. The minimum atomic E-state index is -0.100. The summed E-state index contributed by atoms with van der Waals surface area (Å²) in [4.78, 5) is 17.6. The molecule has 2 aliphatic heterocycles. The van der Waals surface area contributed by atoms with Crippen molar-refractivity contribution in [3.63, 3.8) is 0 Å². The molecule has 0 aromatic heterocycles. The average molecular weight is 350 g/mol. The molecule has 4 nitrogen and oxygen atoms in total.